The van der Waals surface area contributed by atoms with Gasteiger partial charge in [0.2, 0.25) is 0 Å². The first-order valence-corrected chi connectivity index (χ1v) is 20.8. The smallest absolute Gasteiger partial charge is 0.143 e. The van der Waals surface area contributed by atoms with Crippen molar-refractivity contribution in [2.75, 3.05) is 4.90 Å². The molecule has 0 N–H and O–H groups in total. The van der Waals surface area contributed by atoms with Crippen LogP contribution in [0.25, 0.3) is 82.8 Å². The van der Waals surface area contributed by atoms with E-state index in [4.69, 9.17) is 4.42 Å². The Kier molecular flexibility index (Phi) is 7.58. The van der Waals surface area contributed by atoms with E-state index in [2.05, 4.69) is 230 Å². The van der Waals surface area contributed by atoms with Crippen LogP contribution < -0.4 is 4.90 Å². The molecule has 1 aliphatic rings. The SMILES string of the molecule is CC1(C)c2ccccc2-c2cc3c(cc21)oc1c(-c2cccc(N(c4ccc(-c5ccccc5)cc4)c4ccc5c(c4)c4ccccc4n5-c4ccccc4)c2)cccc13. The highest BCUT2D eigenvalue weighted by Crippen LogP contribution is 2.51. The van der Waals surface area contributed by atoms with Crippen molar-refractivity contribution in [3.8, 4) is 39.1 Å². The van der Waals surface area contributed by atoms with E-state index in [1.54, 1.807) is 0 Å². The summed E-state index contributed by atoms with van der Waals surface area (Å²) in [5.41, 5.74) is 18.3. The highest BCUT2D eigenvalue weighted by Gasteiger charge is 2.36. The number of fused-ring (bicyclic) bond motifs is 9. The minimum atomic E-state index is -0.0987. The molecule has 0 spiro atoms. The number of para-hydroxylation sites is 3. The summed E-state index contributed by atoms with van der Waals surface area (Å²) >= 11 is 0. The average Bonchev–Trinajstić information content (AvgIpc) is 3.91. The van der Waals surface area contributed by atoms with Crippen LogP contribution in [0.1, 0.15) is 25.0 Å². The number of nitrogens with zero attached hydrogens (tertiary/aromatic N) is 2. The molecule has 2 heterocycles. The highest BCUT2D eigenvalue weighted by atomic mass is 16.3. The third-order valence-electron chi connectivity index (χ3n) is 12.8. The molecule has 0 fully saturated rings. The van der Waals surface area contributed by atoms with E-state index in [1.165, 1.54) is 55.2 Å². The minimum absolute atomic E-state index is 0.0987. The number of hydrogen-bond acceptors (Lipinski definition) is 2. The van der Waals surface area contributed by atoms with E-state index in [9.17, 15) is 0 Å². The molecule has 0 saturated carbocycles. The van der Waals surface area contributed by atoms with Crippen molar-refractivity contribution in [1.29, 1.82) is 0 Å². The van der Waals surface area contributed by atoms with Gasteiger partial charge in [-0.3, -0.25) is 0 Å². The number of furan rings is 1. The zero-order valence-corrected chi connectivity index (χ0v) is 33.4. The molecular formula is C57H40N2O. The lowest BCUT2D eigenvalue weighted by Crippen LogP contribution is -2.14. The molecule has 284 valence electrons. The quantitative estimate of drug-likeness (QED) is 0.168. The van der Waals surface area contributed by atoms with Crippen LogP contribution in [-0.2, 0) is 5.41 Å². The van der Waals surface area contributed by atoms with Gasteiger partial charge < -0.3 is 13.9 Å². The molecule has 60 heavy (non-hydrogen) atoms. The first-order chi connectivity index (χ1) is 29.5. The molecule has 1 aliphatic carbocycles. The molecule has 0 saturated heterocycles. The van der Waals surface area contributed by atoms with Gasteiger partial charge in [0.05, 0.1) is 11.0 Å². The van der Waals surface area contributed by atoms with E-state index in [0.29, 0.717) is 0 Å². The lowest BCUT2D eigenvalue weighted by atomic mass is 9.82. The number of aromatic nitrogens is 1. The van der Waals surface area contributed by atoms with E-state index in [-0.39, 0.29) is 5.41 Å². The van der Waals surface area contributed by atoms with Crippen LogP contribution in [0.4, 0.5) is 17.1 Å². The predicted molar refractivity (Wildman–Crippen MR) is 251 cm³/mol. The lowest BCUT2D eigenvalue weighted by Gasteiger charge is -2.26. The first kappa shape index (κ1) is 34.4. The maximum atomic E-state index is 6.89. The van der Waals surface area contributed by atoms with Gasteiger partial charge in [0, 0.05) is 55.3 Å². The van der Waals surface area contributed by atoms with E-state index in [0.717, 1.165) is 55.8 Å². The Labute approximate surface area is 349 Å². The minimum Gasteiger partial charge on any atom is -0.455 e. The van der Waals surface area contributed by atoms with Crippen molar-refractivity contribution < 1.29 is 4.42 Å². The first-order valence-electron chi connectivity index (χ1n) is 20.8. The molecule has 0 radical (unpaired) electrons. The number of benzene rings is 9. The van der Waals surface area contributed by atoms with Crippen LogP contribution in [-0.4, -0.2) is 4.57 Å². The third-order valence-corrected chi connectivity index (χ3v) is 12.8. The summed E-state index contributed by atoms with van der Waals surface area (Å²) in [5.74, 6) is 0. The molecule has 3 heteroatoms. The van der Waals surface area contributed by atoms with Crippen LogP contribution in [0.2, 0.25) is 0 Å². The largest absolute Gasteiger partial charge is 0.455 e. The fourth-order valence-electron chi connectivity index (χ4n) is 9.87. The maximum Gasteiger partial charge on any atom is 0.143 e. The fourth-order valence-corrected chi connectivity index (χ4v) is 9.87. The van der Waals surface area contributed by atoms with Gasteiger partial charge in [-0.15, -0.1) is 0 Å². The van der Waals surface area contributed by atoms with Crippen molar-refractivity contribution in [3.05, 3.63) is 217 Å². The van der Waals surface area contributed by atoms with Gasteiger partial charge in [0.15, 0.2) is 0 Å². The molecule has 0 atom stereocenters. The van der Waals surface area contributed by atoms with Crippen LogP contribution in [0, 0.1) is 0 Å². The summed E-state index contributed by atoms with van der Waals surface area (Å²) in [6.07, 6.45) is 0. The Morgan fingerprint density at radius 3 is 1.88 bits per heavy atom. The number of anilines is 3. The summed E-state index contributed by atoms with van der Waals surface area (Å²) in [5, 5.41) is 4.71. The third kappa shape index (κ3) is 5.22. The summed E-state index contributed by atoms with van der Waals surface area (Å²) in [6.45, 7) is 4.65. The van der Waals surface area contributed by atoms with Crippen molar-refractivity contribution >= 4 is 60.8 Å². The number of rotatable bonds is 6. The van der Waals surface area contributed by atoms with Gasteiger partial charge in [-0.1, -0.05) is 147 Å². The van der Waals surface area contributed by atoms with Gasteiger partial charge in [-0.25, -0.2) is 0 Å². The van der Waals surface area contributed by atoms with Crippen LogP contribution in [0.15, 0.2) is 211 Å². The molecule has 12 rings (SSSR count). The molecule has 2 aromatic heterocycles. The summed E-state index contributed by atoms with van der Waals surface area (Å²) in [7, 11) is 0. The van der Waals surface area contributed by atoms with Crippen molar-refractivity contribution in [2.24, 2.45) is 0 Å². The Bertz CT molecular complexity index is 3450. The molecule has 11 aromatic rings. The highest BCUT2D eigenvalue weighted by molar-refractivity contribution is 6.12. The maximum absolute atomic E-state index is 6.89. The van der Waals surface area contributed by atoms with Gasteiger partial charge in [-0.05, 0) is 112 Å². The van der Waals surface area contributed by atoms with Crippen molar-refractivity contribution in [2.45, 2.75) is 19.3 Å². The molecule has 0 aliphatic heterocycles. The lowest BCUT2D eigenvalue weighted by molar-refractivity contribution is 0.648. The summed E-state index contributed by atoms with van der Waals surface area (Å²) in [4.78, 5) is 2.38. The zero-order chi connectivity index (χ0) is 40.0. The second-order valence-electron chi connectivity index (χ2n) is 16.5. The fraction of sp³-hybridized carbons (Fsp3) is 0.0526. The summed E-state index contributed by atoms with van der Waals surface area (Å²) < 4.78 is 9.26. The average molecular weight is 769 g/mol. The molecule has 0 unspecified atom stereocenters. The van der Waals surface area contributed by atoms with Crippen LogP contribution in [0.5, 0.6) is 0 Å². The molecule has 9 aromatic carbocycles. The van der Waals surface area contributed by atoms with Crippen LogP contribution >= 0.6 is 0 Å². The monoisotopic (exact) mass is 768 g/mol. The Morgan fingerprint density at radius 1 is 0.400 bits per heavy atom. The normalized spacial score (nSPS) is 13.0. The molecule has 0 amide bonds. The Balaban J connectivity index is 1.02. The van der Waals surface area contributed by atoms with Crippen molar-refractivity contribution in [1.82, 2.24) is 4.57 Å². The van der Waals surface area contributed by atoms with Gasteiger partial charge in [0.25, 0.3) is 0 Å². The van der Waals surface area contributed by atoms with Crippen molar-refractivity contribution in [3.63, 3.8) is 0 Å². The Hall–Kier alpha value is -7.62. The standard InChI is InChI=1S/C57H40N2O/c1-57(2)51-25-11-9-21-45(51)48-35-50-47-24-14-23-44(56(47)60-55(50)36-52(48)57)39-17-13-20-42(33-39)58(41-29-27-38(28-30-41)37-15-5-3-6-16-37)43-31-32-54-49(34-43)46-22-10-12-26-53(46)59(54)40-18-7-4-8-19-40/h3-36H,1-2H3. The topological polar surface area (TPSA) is 21.3 Å². The van der Waals surface area contributed by atoms with Crippen LogP contribution in [0.3, 0.4) is 0 Å². The van der Waals surface area contributed by atoms with Gasteiger partial charge >= 0.3 is 0 Å². The molecular weight excluding hydrogens is 729 g/mol. The second-order valence-corrected chi connectivity index (χ2v) is 16.5. The van der Waals surface area contributed by atoms with Gasteiger partial charge in [0.1, 0.15) is 11.2 Å². The Morgan fingerprint density at radius 2 is 1.03 bits per heavy atom. The van der Waals surface area contributed by atoms with E-state index < -0.39 is 0 Å². The van der Waals surface area contributed by atoms with E-state index in [1.807, 2.05) is 0 Å². The zero-order valence-electron chi connectivity index (χ0n) is 33.4. The van der Waals surface area contributed by atoms with E-state index >= 15 is 0 Å². The molecule has 0 bridgehead atoms. The van der Waals surface area contributed by atoms with Gasteiger partial charge in [-0.2, -0.15) is 0 Å². The summed E-state index contributed by atoms with van der Waals surface area (Å²) in [6, 6.07) is 74.7. The second kappa shape index (κ2) is 13.2. The number of hydrogen-bond donors (Lipinski definition) is 0. The predicted octanol–water partition coefficient (Wildman–Crippen LogP) is 15.8. The molecule has 3 nitrogen and oxygen atoms in total.